The summed E-state index contributed by atoms with van der Waals surface area (Å²) in [5.74, 6) is 0.828. The van der Waals surface area contributed by atoms with Crippen molar-refractivity contribution in [1.29, 1.82) is 0 Å². The number of aliphatic imine (C=N–C) groups is 1. The first kappa shape index (κ1) is 16.2. The van der Waals surface area contributed by atoms with Crippen LogP contribution in [0, 0.1) is 5.82 Å². The number of benzene rings is 2. The molecule has 25 heavy (non-hydrogen) atoms. The molecule has 0 aliphatic carbocycles. The number of aromatic nitrogens is 1. The van der Waals surface area contributed by atoms with Crippen LogP contribution in [0.5, 0.6) is 0 Å². The first-order valence-corrected chi connectivity index (χ1v) is 9.45. The Morgan fingerprint density at radius 1 is 1.28 bits per heavy atom. The Balaban J connectivity index is 1.67. The van der Waals surface area contributed by atoms with Gasteiger partial charge in [-0.2, -0.15) is 0 Å². The largest absolute Gasteiger partial charge is 0.365 e. The van der Waals surface area contributed by atoms with Gasteiger partial charge in [0.15, 0.2) is 0 Å². The highest BCUT2D eigenvalue weighted by Crippen LogP contribution is 2.35. The molecule has 0 unspecified atom stereocenters. The van der Waals surface area contributed by atoms with E-state index >= 15 is 0 Å². The van der Waals surface area contributed by atoms with Crippen LogP contribution in [0.15, 0.2) is 46.3 Å². The van der Waals surface area contributed by atoms with Crippen LogP contribution in [0.25, 0.3) is 10.9 Å². The van der Waals surface area contributed by atoms with E-state index in [9.17, 15) is 4.39 Å². The maximum Gasteiger partial charge on any atom is 0.123 e. The molecule has 0 fully saturated rings. The molecule has 0 saturated carbocycles. The molecule has 2 heterocycles. The second-order valence-electron chi connectivity index (χ2n) is 6.19. The van der Waals surface area contributed by atoms with Gasteiger partial charge in [-0.3, -0.25) is 4.99 Å². The molecular weight excluding hydrogens is 333 g/mol. The number of thioether (sulfide) groups is 1. The van der Waals surface area contributed by atoms with E-state index in [-0.39, 0.29) is 5.82 Å². The molecule has 0 saturated heterocycles. The molecule has 1 aliphatic heterocycles. The zero-order chi connectivity index (χ0) is 17.4. The SMILES string of the molecule is C=Nc1ccc(N2CCc3c([nH]c4ccc(F)cc34)C2)cc1SCC. The van der Waals surface area contributed by atoms with Crippen molar-refractivity contribution in [2.75, 3.05) is 17.2 Å². The monoisotopic (exact) mass is 353 g/mol. The van der Waals surface area contributed by atoms with Crippen LogP contribution in [0.2, 0.25) is 0 Å². The van der Waals surface area contributed by atoms with Crippen LogP contribution in [0.1, 0.15) is 18.2 Å². The number of H-pyrrole nitrogens is 1. The minimum Gasteiger partial charge on any atom is -0.365 e. The predicted molar refractivity (Wildman–Crippen MR) is 105 cm³/mol. The lowest BCUT2D eigenvalue weighted by Gasteiger charge is -2.29. The Bertz CT molecular complexity index is 948. The number of aromatic amines is 1. The van der Waals surface area contributed by atoms with Gasteiger partial charge in [0.25, 0.3) is 0 Å². The normalized spacial score (nSPS) is 13.9. The Morgan fingerprint density at radius 2 is 2.16 bits per heavy atom. The quantitative estimate of drug-likeness (QED) is 0.509. The van der Waals surface area contributed by atoms with Crippen LogP contribution in [-0.2, 0) is 13.0 Å². The average molecular weight is 353 g/mol. The number of hydrogen-bond donors (Lipinski definition) is 1. The maximum atomic E-state index is 13.6. The Kier molecular flexibility index (Phi) is 4.25. The molecule has 0 amide bonds. The van der Waals surface area contributed by atoms with E-state index in [0.717, 1.165) is 41.9 Å². The van der Waals surface area contributed by atoms with Crippen molar-refractivity contribution in [1.82, 2.24) is 4.98 Å². The van der Waals surface area contributed by atoms with Gasteiger partial charge in [0.1, 0.15) is 5.82 Å². The van der Waals surface area contributed by atoms with Gasteiger partial charge in [0.2, 0.25) is 0 Å². The number of anilines is 1. The number of halogens is 1. The van der Waals surface area contributed by atoms with Crippen molar-refractivity contribution in [3.8, 4) is 0 Å². The lowest BCUT2D eigenvalue weighted by molar-refractivity contribution is 0.629. The van der Waals surface area contributed by atoms with E-state index in [1.807, 2.05) is 12.1 Å². The third kappa shape index (κ3) is 2.93. The molecule has 4 rings (SSSR count). The molecule has 1 N–H and O–H groups in total. The van der Waals surface area contributed by atoms with Gasteiger partial charge < -0.3 is 9.88 Å². The highest BCUT2D eigenvalue weighted by molar-refractivity contribution is 7.99. The van der Waals surface area contributed by atoms with Gasteiger partial charge in [-0.25, -0.2) is 4.39 Å². The van der Waals surface area contributed by atoms with E-state index in [1.54, 1.807) is 17.8 Å². The zero-order valence-electron chi connectivity index (χ0n) is 14.2. The first-order valence-electron chi connectivity index (χ1n) is 8.47. The summed E-state index contributed by atoms with van der Waals surface area (Å²) in [6.45, 7) is 7.54. The highest BCUT2D eigenvalue weighted by atomic mass is 32.2. The van der Waals surface area contributed by atoms with Gasteiger partial charge >= 0.3 is 0 Å². The van der Waals surface area contributed by atoms with Gasteiger partial charge in [-0.15, -0.1) is 11.8 Å². The molecule has 0 spiro atoms. The van der Waals surface area contributed by atoms with E-state index in [1.165, 1.54) is 27.9 Å². The number of fused-ring (bicyclic) bond motifs is 3. The van der Waals surface area contributed by atoms with Crippen LogP contribution < -0.4 is 4.90 Å². The maximum absolute atomic E-state index is 13.6. The zero-order valence-corrected chi connectivity index (χ0v) is 15.0. The molecule has 1 aromatic heterocycles. The fraction of sp³-hybridized carbons (Fsp3) is 0.250. The summed E-state index contributed by atoms with van der Waals surface area (Å²) in [7, 11) is 0. The molecule has 0 bridgehead atoms. The van der Waals surface area contributed by atoms with Crippen molar-refractivity contribution in [2.24, 2.45) is 4.99 Å². The molecule has 3 aromatic rings. The van der Waals surface area contributed by atoms with Gasteiger partial charge in [0.05, 0.1) is 12.2 Å². The molecule has 3 nitrogen and oxygen atoms in total. The van der Waals surface area contributed by atoms with E-state index in [4.69, 9.17) is 0 Å². The van der Waals surface area contributed by atoms with E-state index < -0.39 is 0 Å². The fourth-order valence-corrected chi connectivity index (χ4v) is 4.33. The van der Waals surface area contributed by atoms with Crippen molar-refractivity contribution >= 4 is 40.8 Å². The van der Waals surface area contributed by atoms with E-state index in [2.05, 4.69) is 40.7 Å². The molecular formula is C20H20FN3S. The summed E-state index contributed by atoms with van der Waals surface area (Å²) in [5.41, 5.74) is 5.58. The molecule has 2 aromatic carbocycles. The van der Waals surface area contributed by atoms with Crippen molar-refractivity contribution in [3.63, 3.8) is 0 Å². The number of nitrogens with zero attached hydrogens (tertiary/aromatic N) is 2. The molecule has 0 atom stereocenters. The van der Waals surface area contributed by atoms with Gasteiger partial charge in [-0.1, -0.05) is 6.92 Å². The third-order valence-corrected chi connectivity index (χ3v) is 5.64. The Labute approximate surface area is 151 Å². The number of nitrogens with one attached hydrogen (secondary N) is 1. The summed E-state index contributed by atoms with van der Waals surface area (Å²) in [6.07, 6.45) is 0.913. The third-order valence-electron chi connectivity index (χ3n) is 4.72. The summed E-state index contributed by atoms with van der Waals surface area (Å²) in [6, 6.07) is 11.3. The lowest BCUT2D eigenvalue weighted by atomic mass is 10.0. The Morgan fingerprint density at radius 3 is 2.96 bits per heavy atom. The van der Waals surface area contributed by atoms with Crippen LogP contribution in [-0.4, -0.2) is 24.0 Å². The van der Waals surface area contributed by atoms with Crippen LogP contribution in [0.4, 0.5) is 15.8 Å². The number of rotatable bonds is 4. The number of hydrogen-bond acceptors (Lipinski definition) is 3. The average Bonchev–Trinajstić information content (AvgIpc) is 2.99. The fourth-order valence-electron chi connectivity index (χ4n) is 3.53. The van der Waals surface area contributed by atoms with Gasteiger partial charge in [-0.05, 0) is 60.9 Å². The summed E-state index contributed by atoms with van der Waals surface area (Å²) in [5, 5.41) is 1.02. The van der Waals surface area contributed by atoms with Crippen LogP contribution in [0.3, 0.4) is 0 Å². The van der Waals surface area contributed by atoms with Crippen molar-refractivity contribution in [3.05, 3.63) is 53.5 Å². The topological polar surface area (TPSA) is 31.4 Å². The summed E-state index contributed by atoms with van der Waals surface area (Å²) >= 11 is 1.79. The van der Waals surface area contributed by atoms with Gasteiger partial charge in [0, 0.05) is 33.7 Å². The standard InChI is InChI=1S/C20H20FN3S/c1-3-25-20-11-14(5-7-18(20)22-2)24-9-8-15-16-10-13(21)4-6-17(16)23-19(15)12-24/h4-7,10-11,23H,2-3,8-9,12H2,1H3. The summed E-state index contributed by atoms with van der Waals surface area (Å²) < 4.78 is 13.6. The molecule has 5 heteroatoms. The van der Waals surface area contributed by atoms with Crippen LogP contribution >= 0.6 is 11.8 Å². The molecule has 128 valence electrons. The minimum absolute atomic E-state index is 0.175. The second-order valence-corrected chi connectivity index (χ2v) is 7.49. The highest BCUT2D eigenvalue weighted by Gasteiger charge is 2.21. The smallest absolute Gasteiger partial charge is 0.123 e. The molecule has 0 radical (unpaired) electrons. The Hall–Kier alpha value is -2.27. The van der Waals surface area contributed by atoms with Crippen molar-refractivity contribution < 1.29 is 4.39 Å². The van der Waals surface area contributed by atoms with E-state index in [0.29, 0.717) is 0 Å². The van der Waals surface area contributed by atoms with Crippen molar-refractivity contribution in [2.45, 2.75) is 24.8 Å². The minimum atomic E-state index is -0.175. The predicted octanol–water partition coefficient (Wildman–Crippen LogP) is 5.31. The summed E-state index contributed by atoms with van der Waals surface area (Å²) in [4.78, 5) is 11.1. The first-order chi connectivity index (χ1) is 12.2. The molecule has 1 aliphatic rings. The lowest BCUT2D eigenvalue weighted by Crippen LogP contribution is -2.30. The second kappa shape index (κ2) is 6.56.